The number of anilines is 1. The first-order chi connectivity index (χ1) is 9.74. The molecule has 1 heterocycles. The number of nitrogens with one attached hydrogen (secondary N) is 1. The molecule has 1 N–H and O–H groups in total. The third-order valence-electron chi connectivity index (χ3n) is 3.09. The summed E-state index contributed by atoms with van der Waals surface area (Å²) in [4.78, 5) is 0. The standard InChI is InChI=1S/C16H21FN2O/c1-3-9-19-10-5-6-14(19)12-18-13-7-8-16(20-4-2)15(17)11-13/h5-8,10-11,18H,3-4,9,12H2,1-2H3. The predicted molar refractivity (Wildman–Crippen MR) is 79.6 cm³/mol. The SMILES string of the molecule is CCCn1cccc1CNc1ccc(OCC)c(F)c1. The second-order valence-electron chi connectivity index (χ2n) is 4.62. The number of nitrogens with zero attached hydrogens (tertiary/aromatic N) is 1. The largest absolute Gasteiger partial charge is 0.491 e. The molecule has 0 aliphatic carbocycles. The first-order valence-corrected chi connectivity index (χ1v) is 7.04. The maximum Gasteiger partial charge on any atom is 0.167 e. The molecule has 3 nitrogen and oxygen atoms in total. The summed E-state index contributed by atoms with van der Waals surface area (Å²) in [6.45, 7) is 6.14. The van der Waals surface area contributed by atoms with Crippen molar-refractivity contribution in [3.63, 3.8) is 0 Å². The van der Waals surface area contributed by atoms with Crippen LogP contribution in [0.2, 0.25) is 0 Å². The number of hydrogen-bond donors (Lipinski definition) is 1. The Labute approximate surface area is 119 Å². The Morgan fingerprint density at radius 1 is 1.25 bits per heavy atom. The molecule has 0 unspecified atom stereocenters. The number of aromatic nitrogens is 1. The van der Waals surface area contributed by atoms with Crippen LogP contribution in [-0.4, -0.2) is 11.2 Å². The lowest BCUT2D eigenvalue weighted by molar-refractivity contribution is 0.321. The molecule has 1 aromatic carbocycles. The molecule has 0 atom stereocenters. The van der Waals surface area contributed by atoms with Crippen LogP contribution in [0.15, 0.2) is 36.5 Å². The molecule has 0 aliphatic heterocycles. The molecule has 4 heteroatoms. The third kappa shape index (κ3) is 3.53. The number of ether oxygens (including phenoxy) is 1. The fourth-order valence-electron chi connectivity index (χ4n) is 2.14. The molecular formula is C16H21FN2O. The van der Waals surface area contributed by atoms with Crippen molar-refractivity contribution in [2.75, 3.05) is 11.9 Å². The van der Waals surface area contributed by atoms with E-state index in [2.05, 4.69) is 29.1 Å². The minimum absolute atomic E-state index is 0.299. The van der Waals surface area contributed by atoms with Crippen LogP contribution in [-0.2, 0) is 13.1 Å². The van der Waals surface area contributed by atoms with Crippen molar-refractivity contribution < 1.29 is 9.13 Å². The summed E-state index contributed by atoms with van der Waals surface area (Å²) in [6.07, 6.45) is 3.17. The minimum Gasteiger partial charge on any atom is -0.491 e. The monoisotopic (exact) mass is 276 g/mol. The molecule has 0 bridgehead atoms. The van der Waals surface area contributed by atoms with E-state index in [4.69, 9.17) is 4.74 Å². The Morgan fingerprint density at radius 2 is 2.10 bits per heavy atom. The van der Waals surface area contributed by atoms with Gasteiger partial charge in [0.25, 0.3) is 0 Å². The predicted octanol–water partition coefficient (Wildman–Crippen LogP) is 4.05. The highest BCUT2D eigenvalue weighted by atomic mass is 19.1. The van der Waals surface area contributed by atoms with Gasteiger partial charge in [0.15, 0.2) is 11.6 Å². The molecule has 0 aliphatic rings. The van der Waals surface area contributed by atoms with Crippen molar-refractivity contribution in [2.24, 2.45) is 0 Å². The number of hydrogen-bond acceptors (Lipinski definition) is 2. The molecule has 0 saturated carbocycles. The second-order valence-corrected chi connectivity index (χ2v) is 4.62. The van der Waals surface area contributed by atoms with Crippen LogP contribution in [0.4, 0.5) is 10.1 Å². The van der Waals surface area contributed by atoms with Crippen molar-refractivity contribution in [3.8, 4) is 5.75 Å². The van der Waals surface area contributed by atoms with Gasteiger partial charge >= 0.3 is 0 Å². The summed E-state index contributed by atoms with van der Waals surface area (Å²) in [6, 6.07) is 9.07. The first-order valence-electron chi connectivity index (χ1n) is 7.04. The van der Waals surface area contributed by atoms with E-state index in [0.717, 1.165) is 18.7 Å². The van der Waals surface area contributed by atoms with Gasteiger partial charge in [-0.1, -0.05) is 6.92 Å². The Hall–Kier alpha value is -1.97. The summed E-state index contributed by atoms with van der Waals surface area (Å²) >= 11 is 0. The highest BCUT2D eigenvalue weighted by Crippen LogP contribution is 2.21. The molecule has 1 aromatic heterocycles. The highest BCUT2D eigenvalue weighted by molar-refractivity contribution is 5.47. The fourth-order valence-corrected chi connectivity index (χ4v) is 2.14. The number of rotatable bonds is 7. The number of aryl methyl sites for hydroxylation is 1. The topological polar surface area (TPSA) is 26.2 Å². The van der Waals surface area contributed by atoms with Crippen LogP contribution in [0.5, 0.6) is 5.75 Å². The Kier molecular flexibility index (Phi) is 5.04. The van der Waals surface area contributed by atoms with Crippen molar-refractivity contribution >= 4 is 5.69 Å². The van der Waals surface area contributed by atoms with Gasteiger partial charge in [-0.05, 0) is 37.6 Å². The van der Waals surface area contributed by atoms with Gasteiger partial charge in [-0.3, -0.25) is 0 Å². The molecule has 0 amide bonds. The summed E-state index contributed by atoms with van der Waals surface area (Å²) in [7, 11) is 0. The molecule has 20 heavy (non-hydrogen) atoms. The van der Waals surface area contributed by atoms with Crippen molar-refractivity contribution in [3.05, 3.63) is 48.0 Å². The highest BCUT2D eigenvalue weighted by Gasteiger charge is 2.05. The molecular weight excluding hydrogens is 255 g/mol. The van der Waals surface area contributed by atoms with Gasteiger partial charge in [0, 0.05) is 30.2 Å². The summed E-state index contributed by atoms with van der Waals surface area (Å²) in [5, 5.41) is 3.24. The van der Waals surface area contributed by atoms with E-state index in [1.165, 1.54) is 11.8 Å². The Balaban J connectivity index is 2.00. The van der Waals surface area contributed by atoms with Gasteiger partial charge < -0.3 is 14.6 Å². The molecule has 0 saturated heterocycles. The second kappa shape index (κ2) is 6.98. The summed E-state index contributed by atoms with van der Waals surface area (Å²) in [5.74, 6) is -0.0341. The van der Waals surface area contributed by atoms with E-state index >= 15 is 0 Å². The first kappa shape index (κ1) is 14.4. The van der Waals surface area contributed by atoms with Crippen molar-refractivity contribution in [2.45, 2.75) is 33.4 Å². The zero-order chi connectivity index (χ0) is 14.4. The van der Waals surface area contributed by atoms with E-state index in [9.17, 15) is 4.39 Å². The third-order valence-corrected chi connectivity index (χ3v) is 3.09. The van der Waals surface area contributed by atoms with E-state index in [-0.39, 0.29) is 5.82 Å². The maximum atomic E-state index is 13.7. The minimum atomic E-state index is -0.333. The van der Waals surface area contributed by atoms with Crippen molar-refractivity contribution in [1.29, 1.82) is 0 Å². The summed E-state index contributed by atoms with van der Waals surface area (Å²) in [5.41, 5.74) is 1.95. The number of benzene rings is 1. The maximum absolute atomic E-state index is 13.7. The molecule has 108 valence electrons. The van der Waals surface area contributed by atoms with Crippen LogP contribution >= 0.6 is 0 Å². The summed E-state index contributed by atoms with van der Waals surface area (Å²) < 4.78 is 21.1. The van der Waals surface area contributed by atoms with Crippen LogP contribution in [0, 0.1) is 5.82 Å². The lowest BCUT2D eigenvalue weighted by Crippen LogP contribution is -2.07. The smallest absolute Gasteiger partial charge is 0.167 e. The quantitative estimate of drug-likeness (QED) is 0.825. The van der Waals surface area contributed by atoms with Gasteiger partial charge in [0.05, 0.1) is 13.2 Å². The van der Waals surface area contributed by atoms with Gasteiger partial charge in [-0.15, -0.1) is 0 Å². The van der Waals surface area contributed by atoms with Gasteiger partial charge in [-0.25, -0.2) is 4.39 Å². The van der Waals surface area contributed by atoms with Crippen LogP contribution in [0.1, 0.15) is 26.0 Å². The lowest BCUT2D eigenvalue weighted by atomic mass is 10.2. The Morgan fingerprint density at radius 3 is 2.80 bits per heavy atom. The van der Waals surface area contributed by atoms with Crippen LogP contribution in [0.25, 0.3) is 0 Å². The van der Waals surface area contributed by atoms with Crippen LogP contribution < -0.4 is 10.1 Å². The van der Waals surface area contributed by atoms with Crippen molar-refractivity contribution in [1.82, 2.24) is 4.57 Å². The van der Waals surface area contributed by atoms with Gasteiger partial charge in [0.1, 0.15) is 0 Å². The Bertz CT molecular complexity index is 551. The van der Waals surface area contributed by atoms with E-state index < -0.39 is 0 Å². The molecule has 0 radical (unpaired) electrons. The molecule has 2 rings (SSSR count). The van der Waals surface area contributed by atoms with Gasteiger partial charge in [0.2, 0.25) is 0 Å². The zero-order valence-electron chi connectivity index (χ0n) is 12.0. The zero-order valence-corrected chi connectivity index (χ0v) is 12.0. The lowest BCUT2D eigenvalue weighted by Gasteiger charge is -2.11. The van der Waals surface area contributed by atoms with E-state index in [1.807, 2.05) is 19.1 Å². The molecule has 0 spiro atoms. The molecule has 0 fully saturated rings. The average molecular weight is 276 g/mol. The number of halogens is 1. The van der Waals surface area contributed by atoms with E-state index in [1.54, 1.807) is 6.07 Å². The molecule has 2 aromatic rings. The fraction of sp³-hybridized carbons (Fsp3) is 0.375. The average Bonchev–Trinajstić information content (AvgIpc) is 2.87. The normalized spacial score (nSPS) is 10.6. The van der Waals surface area contributed by atoms with Gasteiger partial charge in [-0.2, -0.15) is 0 Å². The van der Waals surface area contributed by atoms with Crippen LogP contribution in [0.3, 0.4) is 0 Å². The van der Waals surface area contributed by atoms with E-state index in [0.29, 0.717) is 18.9 Å².